The summed E-state index contributed by atoms with van der Waals surface area (Å²) in [6, 6.07) is 6.88. The third kappa shape index (κ3) is 4.15. The second-order valence-electron chi connectivity index (χ2n) is 6.44. The number of thiazole rings is 1. The molecule has 0 radical (unpaired) electrons. The van der Waals surface area contributed by atoms with Crippen LogP contribution in [0.25, 0.3) is 0 Å². The van der Waals surface area contributed by atoms with Crippen molar-refractivity contribution in [2.75, 3.05) is 13.6 Å². The van der Waals surface area contributed by atoms with Gasteiger partial charge in [0, 0.05) is 29.0 Å². The number of nitrogens with zero attached hydrogens (tertiary/aromatic N) is 3. The van der Waals surface area contributed by atoms with Gasteiger partial charge in [0.25, 0.3) is 5.91 Å². The summed E-state index contributed by atoms with van der Waals surface area (Å²) in [5.41, 5.74) is 1.52. The lowest BCUT2D eigenvalue weighted by Crippen LogP contribution is -2.46. The van der Waals surface area contributed by atoms with Crippen LogP contribution >= 0.6 is 27.3 Å². The van der Waals surface area contributed by atoms with Gasteiger partial charge in [-0.3, -0.25) is 9.59 Å². The molecule has 1 aromatic heterocycles. The summed E-state index contributed by atoms with van der Waals surface area (Å²) in [4.78, 5) is 33.7. The van der Waals surface area contributed by atoms with Crippen LogP contribution in [0.5, 0.6) is 0 Å². The van der Waals surface area contributed by atoms with E-state index >= 15 is 0 Å². The Bertz CT molecular complexity index is 790. The first kappa shape index (κ1) is 19.0. The van der Waals surface area contributed by atoms with Crippen molar-refractivity contribution in [2.24, 2.45) is 0 Å². The van der Waals surface area contributed by atoms with Crippen LogP contribution in [0.4, 0.5) is 0 Å². The first-order chi connectivity index (χ1) is 12.5. The minimum Gasteiger partial charge on any atom is -0.338 e. The number of amides is 2. The Morgan fingerprint density at radius 2 is 2.08 bits per heavy atom. The van der Waals surface area contributed by atoms with Crippen molar-refractivity contribution < 1.29 is 9.59 Å². The fourth-order valence-electron chi connectivity index (χ4n) is 3.18. The van der Waals surface area contributed by atoms with E-state index in [2.05, 4.69) is 27.8 Å². The molecule has 5 nitrogen and oxygen atoms in total. The van der Waals surface area contributed by atoms with Crippen LogP contribution in [0.3, 0.4) is 0 Å². The van der Waals surface area contributed by atoms with Gasteiger partial charge in [0.2, 0.25) is 5.91 Å². The van der Waals surface area contributed by atoms with E-state index in [-0.39, 0.29) is 17.9 Å². The van der Waals surface area contributed by atoms with Gasteiger partial charge >= 0.3 is 0 Å². The second-order valence-corrected chi connectivity index (χ2v) is 8.30. The molecule has 0 spiro atoms. The third-order valence-electron chi connectivity index (χ3n) is 4.57. The van der Waals surface area contributed by atoms with Gasteiger partial charge in [-0.15, -0.1) is 11.3 Å². The van der Waals surface area contributed by atoms with Gasteiger partial charge in [-0.25, -0.2) is 4.98 Å². The van der Waals surface area contributed by atoms with Crippen molar-refractivity contribution in [3.63, 3.8) is 0 Å². The maximum Gasteiger partial charge on any atom is 0.254 e. The average molecular weight is 436 g/mol. The quantitative estimate of drug-likeness (QED) is 0.718. The van der Waals surface area contributed by atoms with Gasteiger partial charge in [-0.1, -0.05) is 22.9 Å². The molecular weight excluding hydrogens is 414 g/mol. The minimum atomic E-state index is -0.388. The molecule has 2 aromatic rings. The molecule has 1 aliphatic rings. The summed E-state index contributed by atoms with van der Waals surface area (Å²) in [5.74, 6) is -0.0947. The van der Waals surface area contributed by atoms with Crippen molar-refractivity contribution in [3.8, 4) is 0 Å². The highest BCUT2D eigenvalue weighted by Gasteiger charge is 2.36. The number of carbonyl (C=O) groups excluding carboxylic acids is 2. The molecule has 1 fully saturated rings. The minimum absolute atomic E-state index is 0.0148. The number of likely N-dealkylation sites (tertiary alicyclic amines) is 1. The molecule has 1 aromatic carbocycles. The van der Waals surface area contributed by atoms with Crippen molar-refractivity contribution >= 4 is 39.1 Å². The van der Waals surface area contributed by atoms with E-state index in [1.54, 1.807) is 40.3 Å². The molecule has 0 N–H and O–H groups in total. The van der Waals surface area contributed by atoms with E-state index < -0.39 is 0 Å². The number of rotatable bonds is 5. The van der Waals surface area contributed by atoms with E-state index in [1.165, 1.54) is 0 Å². The number of hydrogen-bond donors (Lipinski definition) is 0. The number of likely N-dealkylation sites (N-methyl/N-ethyl adjacent to an activating group) is 1. The second kappa shape index (κ2) is 8.31. The molecule has 3 rings (SSSR count). The van der Waals surface area contributed by atoms with Crippen LogP contribution in [-0.2, 0) is 17.8 Å². The zero-order chi connectivity index (χ0) is 18.7. The largest absolute Gasteiger partial charge is 0.338 e. The highest BCUT2D eigenvalue weighted by molar-refractivity contribution is 9.10. The van der Waals surface area contributed by atoms with Crippen molar-refractivity contribution in [3.05, 3.63) is 50.4 Å². The van der Waals surface area contributed by atoms with Gasteiger partial charge in [-0.2, -0.15) is 0 Å². The summed E-state index contributed by atoms with van der Waals surface area (Å²) in [6.45, 7) is 3.17. The summed E-state index contributed by atoms with van der Waals surface area (Å²) in [6.07, 6.45) is 2.46. The van der Waals surface area contributed by atoms with E-state index in [0.29, 0.717) is 25.1 Å². The van der Waals surface area contributed by atoms with Gasteiger partial charge in [0.1, 0.15) is 6.04 Å². The molecule has 0 bridgehead atoms. The lowest BCUT2D eigenvalue weighted by Gasteiger charge is -2.28. The highest BCUT2D eigenvalue weighted by Crippen LogP contribution is 2.23. The predicted octanol–water partition coefficient (Wildman–Crippen LogP) is 3.73. The molecule has 1 saturated heterocycles. The normalized spacial score (nSPS) is 16.7. The van der Waals surface area contributed by atoms with Crippen LogP contribution < -0.4 is 0 Å². The highest BCUT2D eigenvalue weighted by atomic mass is 79.9. The van der Waals surface area contributed by atoms with Crippen molar-refractivity contribution in [1.82, 2.24) is 14.8 Å². The van der Waals surface area contributed by atoms with Gasteiger partial charge in [-0.05, 0) is 43.5 Å². The van der Waals surface area contributed by atoms with Crippen molar-refractivity contribution in [1.29, 1.82) is 0 Å². The molecule has 0 aliphatic carbocycles. The van der Waals surface area contributed by atoms with E-state index in [4.69, 9.17) is 0 Å². The maximum atomic E-state index is 12.9. The van der Waals surface area contributed by atoms with Crippen LogP contribution in [-0.4, -0.2) is 46.2 Å². The molecule has 0 saturated carbocycles. The fourth-order valence-corrected chi connectivity index (χ4v) is 4.18. The van der Waals surface area contributed by atoms with Crippen LogP contribution in [0.1, 0.15) is 40.8 Å². The number of hydrogen-bond acceptors (Lipinski definition) is 4. The zero-order valence-electron chi connectivity index (χ0n) is 14.9. The average Bonchev–Trinajstić information content (AvgIpc) is 3.30. The van der Waals surface area contributed by atoms with E-state index in [0.717, 1.165) is 28.0 Å². The Kier molecular flexibility index (Phi) is 6.09. The number of benzene rings is 1. The van der Waals surface area contributed by atoms with Crippen LogP contribution in [0, 0.1) is 0 Å². The molecule has 7 heteroatoms. The summed E-state index contributed by atoms with van der Waals surface area (Å²) >= 11 is 5.00. The predicted molar refractivity (Wildman–Crippen MR) is 106 cm³/mol. The first-order valence-corrected chi connectivity index (χ1v) is 10.4. The Balaban J connectivity index is 1.69. The molecule has 138 valence electrons. The number of aryl methyl sites for hydroxylation is 1. The van der Waals surface area contributed by atoms with Gasteiger partial charge < -0.3 is 9.80 Å². The Labute approximate surface area is 166 Å². The standard InChI is InChI=1S/C19H22BrN3O2S/c1-3-17-21-15(12-26-17)11-22(2)19(25)16-5-4-10-23(16)18(24)13-6-8-14(20)9-7-13/h6-9,12,16H,3-5,10-11H2,1-2H3. The fraction of sp³-hybridized carbons (Fsp3) is 0.421. The Morgan fingerprint density at radius 3 is 2.73 bits per heavy atom. The summed E-state index contributed by atoms with van der Waals surface area (Å²) < 4.78 is 0.928. The molecule has 1 unspecified atom stereocenters. The maximum absolute atomic E-state index is 12.9. The zero-order valence-corrected chi connectivity index (χ0v) is 17.3. The lowest BCUT2D eigenvalue weighted by atomic mass is 10.1. The molecule has 1 atom stereocenters. The Morgan fingerprint density at radius 1 is 1.35 bits per heavy atom. The number of halogens is 1. The smallest absolute Gasteiger partial charge is 0.254 e. The van der Waals surface area contributed by atoms with Crippen molar-refractivity contribution in [2.45, 2.75) is 38.8 Å². The van der Waals surface area contributed by atoms with E-state index in [9.17, 15) is 9.59 Å². The topological polar surface area (TPSA) is 53.5 Å². The SMILES string of the molecule is CCc1nc(CN(C)C(=O)C2CCCN2C(=O)c2ccc(Br)cc2)cs1. The molecule has 2 heterocycles. The van der Waals surface area contributed by atoms with Crippen LogP contribution in [0.15, 0.2) is 34.1 Å². The molecular formula is C19H22BrN3O2S. The summed E-state index contributed by atoms with van der Waals surface area (Å²) in [5, 5.41) is 3.08. The molecule has 26 heavy (non-hydrogen) atoms. The number of carbonyl (C=O) groups is 2. The van der Waals surface area contributed by atoms with Gasteiger partial charge in [0.05, 0.1) is 17.2 Å². The molecule has 2 amide bonds. The first-order valence-electron chi connectivity index (χ1n) is 8.74. The van der Waals surface area contributed by atoms with E-state index in [1.807, 2.05) is 17.5 Å². The molecule has 1 aliphatic heterocycles. The lowest BCUT2D eigenvalue weighted by molar-refractivity contribution is -0.134. The number of aromatic nitrogens is 1. The summed E-state index contributed by atoms with van der Waals surface area (Å²) in [7, 11) is 1.79. The monoisotopic (exact) mass is 435 g/mol. The third-order valence-corrected chi connectivity index (χ3v) is 6.14. The van der Waals surface area contributed by atoms with Crippen LogP contribution in [0.2, 0.25) is 0 Å². The van der Waals surface area contributed by atoms with Gasteiger partial charge in [0.15, 0.2) is 0 Å². The Hall–Kier alpha value is -1.73.